The van der Waals surface area contributed by atoms with Gasteiger partial charge < -0.3 is 14.8 Å². The summed E-state index contributed by atoms with van der Waals surface area (Å²) in [6.45, 7) is 4.80. The van der Waals surface area contributed by atoms with E-state index in [0.29, 0.717) is 11.5 Å². The Balaban J connectivity index is 2.25. The minimum Gasteiger partial charge on any atom is -0.497 e. The highest BCUT2D eigenvalue weighted by Gasteiger charge is 2.13. The maximum Gasteiger partial charge on any atom is 0.132 e. The summed E-state index contributed by atoms with van der Waals surface area (Å²) >= 11 is 0. The van der Waals surface area contributed by atoms with Crippen LogP contribution in [0.15, 0.2) is 42.5 Å². The third-order valence-electron chi connectivity index (χ3n) is 3.24. The zero-order valence-corrected chi connectivity index (χ0v) is 12.5. The molecule has 0 radical (unpaired) electrons. The fourth-order valence-electron chi connectivity index (χ4n) is 2.14. The average molecular weight is 289 g/mol. The van der Waals surface area contributed by atoms with Crippen LogP contribution >= 0.6 is 0 Å². The van der Waals surface area contributed by atoms with Crippen molar-refractivity contribution < 1.29 is 13.9 Å². The molecule has 0 saturated heterocycles. The highest BCUT2D eigenvalue weighted by atomic mass is 19.1. The van der Waals surface area contributed by atoms with E-state index >= 15 is 0 Å². The normalized spacial score (nSPS) is 12.0. The van der Waals surface area contributed by atoms with Crippen LogP contribution in [-0.2, 0) is 0 Å². The van der Waals surface area contributed by atoms with E-state index in [0.717, 1.165) is 17.9 Å². The molecule has 0 aromatic heterocycles. The van der Waals surface area contributed by atoms with Crippen LogP contribution in [0.25, 0.3) is 0 Å². The summed E-state index contributed by atoms with van der Waals surface area (Å²) in [5.41, 5.74) is 0.799. The zero-order valence-electron chi connectivity index (χ0n) is 12.5. The van der Waals surface area contributed by atoms with E-state index in [2.05, 4.69) is 5.32 Å². The van der Waals surface area contributed by atoms with Gasteiger partial charge in [-0.25, -0.2) is 4.39 Å². The molecule has 2 rings (SSSR count). The van der Waals surface area contributed by atoms with E-state index in [9.17, 15) is 4.39 Å². The zero-order chi connectivity index (χ0) is 15.2. The summed E-state index contributed by atoms with van der Waals surface area (Å²) in [4.78, 5) is 0. The number of benzene rings is 2. The Morgan fingerprint density at radius 1 is 1.10 bits per heavy atom. The van der Waals surface area contributed by atoms with E-state index in [1.807, 2.05) is 38.1 Å². The third kappa shape index (κ3) is 3.95. The maximum absolute atomic E-state index is 13.5. The molecule has 112 valence electrons. The lowest BCUT2D eigenvalue weighted by Gasteiger charge is -2.17. The lowest BCUT2D eigenvalue weighted by atomic mass is 10.1. The average Bonchev–Trinajstić information content (AvgIpc) is 2.50. The number of hydrogen-bond donors (Lipinski definition) is 1. The number of methoxy groups -OCH3 is 1. The Labute approximate surface area is 124 Å². The molecule has 1 atom stereocenters. The summed E-state index contributed by atoms with van der Waals surface area (Å²) in [6, 6.07) is 11.9. The molecule has 0 aliphatic heterocycles. The standard InChI is InChI=1S/C17H20FNO2/c1-4-19-12(2)16-11-13(18)5-10-17(16)21-15-8-6-14(20-3)7-9-15/h5-12,19H,4H2,1-3H3. The highest BCUT2D eigenvalue weighted by Crippen LogP contribution is 2.31. The molecule has 4 heteroatoms. The number of halogens is 1. The molecule has 0 saturated carbocycles. The lowest BCUT2D eigenvalue weighted by molar-refractivity contribution is 0.412. The molecular weight excluding hydrogens is 269 g/mol. The number of ether oxygens (including phenoxy) is 2. The summed E-state index contributed by atoms with van der Waals surface area (Å²) in [5.74, 6) is 1.84. The van der Waals surface area contributed by atoms with Gasteiger partial charge in [0.2, 0.25) is 0 Å². The van der Waals surface area contributed by atoms with Gasteiger partial charge in [-0.05, 0) is 55.9 Å². The first-order valence-electron chi connectivity index (χ1n) is 6.98. The van der Waals surface area contributed by atoms with Gasteiger partial charge in [0.15, 0.2) is 0 Å². The first-order chi connectivity index (χ1) is 10.1. The van der Waals surface area contributed by atoms with Crippen molar-refractivity contribution in [2.45, 2.75) is 19.9 Å². The van der Waals surface area contributed by atoms with Crippen molar-refractivity contribution in [1.82, 2.24) is 5.32 Å². The van der Waals surface area contributed by atoms with E-state index < -0.39 is 0 Å². The first-order valence-corrected chi connectivity index (χ1v) is 6.98. The topological polar surface area (TPSA) is 30.5 Å². The van der Waals surface area contributed by atoms with Gasteiger partial charge in [0, 0.05) is 11.6 Å². The summed E-state index contributed by atoms with van der Waals surface area (Å²) in [7, 11) is 1.62. The summed E-state index contributed by atoms with van der Waals surface area (Å²) < 4.78 is 24.5. The number of hydrogen-bond acceptors (Lipinski definition) is 3. The van der Waals surface area contributed by atoms with Crippen LogP contribution in [0.2, 0.25) is 0 Å². The molecule has 21 heavy (non-hydrogen) atoms. The highest BCUT2D eigenvalue weighted by molar-refractivity contribution is 5.41. The largest absolute Gasteiger partial charge is 0.497 e. The van der Waals surface area contributed by atoms with Crippen molar-refractivity contribution in [1.29, 1.82) is 0 Å². The Bertz CT molecular complexity index is 584. The van der Waals surface area contributed by atoms with Gasteiger partial charge in [0.1, 0.15) is 23.1 Å². The lowest BCUT2D eigenvalue weighted by Crippen LogP contribution is -2.18. The second-order valence-corrected chi connectivity index (χ2v) is 4.74. The first kappa shape index (κ1) is 15.3. The van der Waals surface area contributed by atoms with Crippen LogP contribution in [-0.4, -0.2) is 13.7 Å². The van der Waals surface area contributed by atoms with E-state index in [1.54, 1.807) is 13.2 Å². The smallest absolute Gasteiger partial charge is 0.132 e. The molecule has 2 aromatic rings. The number of rotatable bonds is 6. The third-order valence-corrected chi connectivity index (χ3v) is 3.24. The van der Waals surface area contributed by atoms with Crippen LogP contribution in [0.3, 0.4) is 0 Å². The molecule has 1 unspecified atom stereocenters. The van der Waals surface area contributed by atoms with Crippen LogP contribution in [0.1, 0.15) is 25.5 Å². The van der Waals surface area contributed by atoms with Crippen LogP contribution in [0, 0.1) is 5.82 Å². The van der Waals surface area contributed by atoms with E-state index in [1.165, 1.54) is 12.1 Å². The fraction of sp³-hybridized carbons (Fsp3) is 0.294. The number of nitrogens with one attached hydrogen (secondary N) is 1. The molecular formula is C17H20FNO2. The van der Waals surface area contributed by atoms with Gasteiger partial charge in [-0.2, -0.15) is 0 Å². The van der Waals surface area contributed by atoms with Crippen molar-refractivity contribution in [3.63, 3.8) is 0 Å². The van der Waals surface area contributed by atoms with Gasteiger partial charge in [0.25, 0.3) is 0 Å². The van der Waals surface area contributed by atoms with Gasteiger partial charge in [-0.15, -0.1) is 0 Å². The molecule has 0 spiro atoms. The van der Waals surface area contributed by atoms with Crippen LogP contribution in [0.4, 0.5) is 4.39 Å². The van der Waals surface area contributed by atoms with Gasteiger partial charge in [-0.1, -0.05) is 6.92 Å². The van der Waals surface area contributed by atoms with Gasteiger partial charge in [-0.3, -0.25) is 0 Å². The van der Waals surface area contributed by atoms with Crippen LogP contribution in [0.5, 0.6) is 17.2 Å². The molecule has 0 bridgehead atoms. The second kappa shape index (κ2) is 7.09. The Hall–Kier alpha value is -2.07. The molecule has 2 aromatic carbocycles. The Kier molecular flexibility index (Phi) is 5.17. The quantitative estimate of drug-likeness (QED) is 0.860. The molecule has 0 aliphatic rings. The maximum atomic E-state index is 13.5. The molecule has 0 amide bonds. The Morgan fingerprint density at radius 2 is 1.76 bits per heavy atom. The minimum absolute atomic E-state index is 0.0129. The van der Waals surface area contributed by atoms with Crippen molar-refractivity contribution in [2.24, 2.45) is 0 Å². The SMILES string of the molecule is CCNC(C)c1cc(F)ccc1Oc1ccc(OC)cc1. The summed E-state index contributed by atoms with van der Waals surface area (Å²) in [5, 5.41) is 3.27. The second-order valence-electron chi connectivity index (χ2n) is 4.74. The summed E-state index contributed by atoms with van der Waals surface area (Å²) in [6.07, 6.45) is 0. The van der Waals surface area contributed by atoms with Gasteiger partial charge >= 0.3 is 0 Å². The van der Waals surface area contributed by atoms with Crippen LogP contribution < -0.4 is 14.8 Å². The van der Waals surface area contributed by atoms with E-state index in [-0.39, 0.29) is 11.9 Å². The monoisotopic (exact) mass is 289 g/mol. The predicted molar refractivity (Wildman–Crippen MR) is 81.6 cm³/mol. The molecule has 1 N–H and O–H groups in total. The molecule has 0 heterocycles. The fourth-order valence-corrected chi connectivity index (χ4v) is 2.14. The van der Waals surface area contributed by atoms with Crippen molar-refractivity contribution >= 4 is 0 Å². The van der Waals surface area contributed by atoms with E-state index in [4.69, 9.17) is 9.47 Å². The minimum atomic E-state index is -0.267. The predicted octanol–water partition coefficient (Wildman–Crippen LogP) is 4.30. The molecule has 3 nitrogen and oxygen atoms in total. The van der Waals surface area contributed by atoms with Gasteiger partial charge in [0.05, 0.1) is 7.11 Å². The van der Waals surface area contributed by atoms with Crippen molar-refractivity contribution in [3.8, 4) is 17.2 Å². The molecule has 0 aliphatic carbocycles. The van der Waals surface area contributed by atoms with Crippen molar-refractivity contribution in [2.75, 3.05) is 13.7 Å². The molecule has 0 fully saturated rings. The Morgan fingerprint density at radius 3 is 2.38 bits per heavy atom. The van der Waals surface area contributed by atoms with Crippen molar-refractivity contribution in [3.05, 3.63) is 53.8 Å².